The van der Waals surface area contributed by atoms with Crippen molar-refractivity contribution in [2.75, 3.05) is 32.6 Å². The van der Waals surface area contributed by atoms with Crippen molar-refractivity contribution in [1.82, 2.24) is 9.88 Å². The van der Waals surface area contributed by atoms with Crippen molar-refractivity contribution in [3.8, 4) is 0 Å². The van der Waals surface area contributed by atoms with E-state index in [2.05, 4.69) is 10.3 Å². The Balaban J connectivity index is 2.46. The largest absolute Gasteiger partial charge is 0.461 e. The lowest BCUT2D eigenvalue weighted by atomic mass is 10.1. The van der Waals surface area contributed by atoms with Crippen LogP contribution in [-0.2, 0) is 9.53 Å². The highest BCUT2D eigenvalue weighted by Gasteiger charge is 2.20. The molecule has 6 heteroatoms. The third-order valence-electron chi connectivity index (χ3n) is 3.16. The van der Waals surface area contributed by atoms with Gasteiger partial charge in [-0.3, -0.25) is 4.79 Å². The molecule has 0 saturated carbocycles. The summed E-state index contributed by atoms with van der Waals surface area (Å²) in [6.45, 7) is 4.22. The van der Waals surface area contributed by atoms with Crippen molar-refractivity contribution < 1.29 is 14.3 Å². The molecule has 2 aromatic rings. The number of amides is 1. The van der Waals surface area contributed by atoms with E-state index in [1.165, 1.54) is 0 Å². The summed E-state index contributed by atoms with van der Waals surface area (Å²) < 4.78 is 5.06. The van der Waals surface area contributed by atoms with Crippen molar-refractivity contribution in [3.63, 3.8) is 0 Å². The van der Waals surface area contributed by atoms with Gasteiger partial charge in [0, 0.05) is 10.9 Å². The molecule has 0 atom stereocenters. The molecular formula is C16H21N3O3. The van der Waals surface area contributed by atoms with Gasteiger partial charge < -0.3 is 19.9 Å². The average molecular weight is 303 g/mol. The second kappa shape index (κ2) is 6.62. The smallest absolute Gasteiger partial charge is 0.356 e. The van der Waals surface area contributed by atoms with E-state index >= 15 is 0 Å². The predicted octanol–water partition coefficient (Wildman–Crippen LogP) is 2.15. The molecule has 0 bridgehead atoms. The van der Waals surface area contributed by atoms with Gasteiger partial charge in [-0.15, -0.1) is 0 Å². The highest BCUT2D eigenvalue weighted by molar-refractivity contribution is 6.11. The van der Waals surface area contributed by atoms with Gasteiger partial charge in [-0.2, -0.15) is 0 Å². The van der Waals surface area contributed by atoms with Gasteiger partial charge in [0.25, 0.3) is 0 Å². The highest BCUT2D eigenvalue weighted by Crippen LogP contribution is 2.29. The molecule has 0 fully saturated rings. The molecule has 0 spiro atoms. The molecule has 0 unspecified atom stereocenters. The van der Waals surface area contributed by atoms with E-state index in [9.17, 15) is 9.59 Å². The van der Waals surface area contributed by atoms with Gasteiger partial charge in [-0.1, -0.05) is 11.6 Å². The van der Waals surface area contributed by atoms with E-state index in [0.29, 0.717) is 5.69 Å². The summed E-state index contributed by atoms with van der Waals surface area (Å²) in [5, 5.41) is 3.62. The Hall–Kier alpha value is -2.34. The van der Waals surface area contributed by atoms with Crippen LogP contribution in [0.5, 0.6) is 0 Å². The number of benzene rings is 1. The molecule has 2 rings (SSSR count). The van der Waals surface area contributed by atoms with E-state index in [-0.39, 0.29) is 24.8 Å². The monoisotopic (exact) mass is 303 g/mol. The first kappa shape index (κ1) is 16.0. The Bertz CT molecular complexity index is 704. The van der Waals surface area contributed by atoms with Gasteiger partial charge >= 0.3 is 5.97 Å². The van der Waals surface area contributed by atoms with E-state index in [4.69, 9.17) is 4.74 Å². The molecule has 118 valence electrons. The second-order valence-corrected chi connectivity index (χ2v) is 5.43. The third kappa shape index (κ3) is 3.46. The number of ether oxygens (including phenoxy) is 1. The second-order valence-electron chi connectivity index (χ2n) is 5.43. The average Bonchev–Trinajstić information content (AvgIpc) is 2.76. The lowest BCUT2D eigenvalue weighted by molar-refractivity contribution is -0.116. The number of nitrogens with one attached hydrogen (secondary N) is 2. The van der Waals surface area contributed by atoms with Crippen LogP contribution in [0.1, 0.15) is 23.0 Å². The van der Waals surface area contributed by atoms with Crippen molar-refractivity contribution >= 4 is 28.5 Å². The van der Waals surface area contributed by atoms with Crippen LogP contribution in [0.25, 0.3) is 10.9 Å². The van der Waals surface area contributed by atoms with Crippen LogP contribution in [0, 0.1) is 6.92 Å². The molecule has 0 saturated heterocycles. The van der Waals surface area contributed by atoms with Crippen LogP contribution in [0.3, 0.4) is 0 Å². The molecule has 1 heterocycles. The number of nitrogens with zero attached hydrogens (tertiary/aromatic N) is 1. The number of aromatic nitrogens is 1. The fraction of sp³-hybridized carbons (Fsp3) is 0.375. The number of aryl methyl sites for hydroxylation is 1. The van der Waals surface area contributed by atoms with Crippen LogP contribution in [0.4, 0.5) is 5.69 Å². The Labute approximate surface area is 129 Å². The van der Waals surface area contributed by atoms with Crippen LogP contribution in [0.15, 0.2) is 18.2 Å². The first-order valence-electron chi connectivity index (χ1n) is 7.16. The van der Waals surface area contributed by atoms with Crippen LogP contribution in [0.2, 0.25) is 0 Å². The number of hydrogen-bond donors (Lipinski definition) is 2. The van der Waals surface area contributed by atoms with Crippen LogP contribution in [-0.4, -0.2) is 49.0 Å². The van der Waals surface area contributed by atoms with E-state index < -0.39 is 5.97 Å². The zero-order valence-corrected chi connectivity index (χ0v) is 13.3. The van der Waals surface area contributed by atoms with Gasteiger partial charge in [-0.25, -0.2) is 4.79 Å². The van der Waals surface area contributed by atoms with Gasteiger partial charge in [0.15, 0.2) is 0 Å². The molecule has 0 aliphatic rings. The van der Waals surface area contributed by atoms with E-state index in [1.807, 2.05) is 39.2 Å². The summed E-state index contributed by atoms with van der Waals surface area (Å²) >= 11 is 0. The molecule has 1 aromatic carbocycles. The number of carbonyl (C=O) groups excluding carboxylic acids is 2. The Morgan fingerprint density at radius 2 is 2.05 bits per heavy atom. The minimum Gasteiger partial charge on any atom is -0.461 e. The third-order valence-corrected chi connectivity index (χ3v) is 3.16. The fourth-order valence-corrected chi connectivity index (χ4v) is 2.26. The quantitative estimate of drug-likeness (QED) is 0.830. The molecular weight excluding hydrogens is 282 g/mol. The number of esters is 1. The number of carbonyl (C=O) groups is 2. The van der Waals surface area contributed by atoms with Gasteiger partial charge in [0.2, 0.25) is 5.91 Å². The van der Waals surface area contributed by atoms with Crippen molar-refractivity contribution in [2.24, 2.45) is 0 Å². The zero-order valence-electron chi connectivity index (χ0n) is 13.3. The van der Waals surface area contributed by atoms with Crippen molar-refractivity contribution in [2.45, 2.75) is 13.8 Å². The molecule has 2 N–H and O–H groups in total. The lowest BCUT2D eigenvalue weighted by Crippen LogP contribution is -2.27. The maximum atomic E-state index is 12.1. The minimum atomic E-state index is -0.475. The van der Waals surface area contributed by atoms with Crippen molar-refractivity contribution in [1.29, 1.82) is 0 Å². The standard InChI is InChI=1S/C16H21N3O3/c1-5-22-16(21)15-14(18-13(20)9-19(3)4)11-8-10(2)6-7-12(11)17-15/h6-8,17H,5,9H2,1-4H3,(H,18,20). The van der Waals surface area contributed by atoms with Gasteiger partial charge in [-0.05, 0) is 40.1 Å². The number of aromatic amines is 1. The first-order valence-corrected chi connectivity index (χ1v) is 7.16. The minimum absolute atomic E-state index is 0.182. The summed E-state index contributed by atoms with van der Waals surface area (Å²) in [6, 6.07) is 5.76. The first-order chi connectivity index (χ1) is 10.4. The Morgan fingerprint density at radius 3 is 2.68 bits per heavy atom. The molecule has 1 amide bonds. The topological polar surface area (TPSA) is 74.4 Å². The van der Waals surface area contributed by atoms with E-state index in [0.717, 1.165) is 16.5 Å². The molecule has 0 radical (unpaired) electrons. The SMILES string of the molecule is CCOC(=O)c1[nH]c2ccc(C)cc2c1NC(=O)CN(C)C. The number of likely N-dealkylation sites (N-methyl/N-ethyl adjacent to an activating group) is 1. The van der Waals surface area contributed by atoms with E-state index in [1.54, 1.807) is 11.8 Å². The zero-order chi connectivity index (χ0) is 16.3. The Morgan fingerprint density at radius 1 is 1.32 bits per heavy atom. The molecule has 0 aliphatic heterocycles. The molecule has 22 heavy (non-hydrogen) atoms. The van der Waals surface area contributed by atoms with Gasteiger partial charge in [0.1, 0.15) is 5.69 Å². The summed E-state index contributed by atoms with van der Waals surface area (Å²) in [6.07, 6.45) is 0. The highest BCUT2D eigenvalue weighted by atomic mass is 16.5. The summed E-state index contributed by atoms with van der Waals surface area (Å²) in [7, 11) is 3.62. The number of rotatable bonds is 5. The fourth-order valence-electron chi connectivity index (χ4n) is 2.26. The maximum absolute atomic E-state index is 12.1. The normalized spacial score (nSPS) is 11.0. The molecule has 6 nitrogen and oxygen atoms in total. The number of fused-ring (bicyclic) bond motifs is 1. The number of anilines is 1. The number of hydrogen-bond acceptors (Lipinski definition) is 4. The van der Waals surface area contributed by atoms with Gasteiger partial charge in [0.05, 0.1) is 18.8 Å². The number of H-pyrrole nitrogens is 1. The summed E-state index contributed by atoms with van der Waals surface area (Å²) in [5.41, 5.74) is 2.58. The maximum Gasteiger partial charge on any atom is 0.356 e. The van der Waals surface area contributed by atoms with Crippen LogP contribution < -0.4 is 5.32 Å². The van der Waals surface area contributed by atoms with Crippen molar-refractivity contribution in [3.05, 3.63) is 29.5 Å². The summed E-state index contributed by atoms with van der Waals surface area (Å²) in [5.74, 6) is -0.658. The predicted molar refractivity (Wildman–Crippen MR) is 86.2 cm³/mol. The lowest BCUT2D eigenvalue weighted by Gasteiger charge is -2.11. The summed E-state index contributed by atoms with van der Waals surface area (Å²) in [4.78, 5) is 29.0. The Kier molecular flexibility index (Phi) is 4.82. The van der Waals surface area contributed by atoms with Crippen LogP contribution >= 0.6 is 0 Å². The molecule has 1 aromatic heterocycles. The molecule has 0 aliphatic carbocycles.